The van der Waals surface area contributed by atoms with Gasteiger partial charge in [-0.05, 0) is 50.6 Å². The first-order chi connectivity index (χ1) is 15.0. The molecular formula is C25H29NO5. The molecule has 0 atom stereocenters. The molecule has 0 radical (unpaired) electrons. The van der Waals surface area contributed by atoms with E-state index in [-0.39, 0.29) is 11.9 Å². The molecule has 6 nitrogen and oxygen atoms in total. The van der Waals surface area contributed by atoms with Gasteiger partial charge in [0, 0.05) is 18.4 Å². The van der Waals surface area contributed by atoms with E-state index in [2.05, 4.69) is 4.98 Å². The van der Waals surface area contributed by atoms with E-state index >= 15 is 0 Å². The van der Waals surface area contributed by atoms with Gasteiger partial charge in [-0.25, -0.2) is 4.98 Å². The van der Waals surface area contributed by atoms with Crippen LogP contribution in [0, 0.1) is 0 Å². The van der Waals surface area contributed by atoms with E-state index < -0.39 is 0 Å². The smallest absolute Gasteiger partial charge is 0.226 e. The third kappa shape index (κ3) is 5.87. The van der Waals surface area contributed by atoms with E-state index in [0.29, 0.717) is 48.2 Å². The number of hydrogen-bond acceptors (Lipinski definition) is 6. The number of benzene rings is 2. The predicted molar refractivity (Wildman–Crippen MR) is 119 cm³/mol. The first-order valence-electron chi connectivity index (χ1n) is 10.6. The minimum atomic E-state index is 0.0134. The van der Waals surface area contributed by atoms with Gasteiger partial charge in [-0.15, -0.1) is 0 Å². The summed E-state index contributed by atoms with van der Waals surface area (Å²) < 4.78 is 22.5. The lowest BCUT2D eigenvalue weighted by Crippen LogP contribution is -2.06. The third-order valence-electron chi connectivity index (χ3n) is 4.58. The van der Waals surface area contributed by atoms with Crippen LogP contribution in [0.1, 0.15) is 49.7 Å². The number of Topliss-reactive ketones (excluding diaryl/α,β-unsaturated/α-hetero) is 1. The van der Waals surface area contributed by atoms with Crippen molar-refractivity contribution in [3.05, 3.63) is 60.0 Å². The topological polar surface area (TPSA) is 70.8 Å². The number of aryl methyl sites for hydroxylation is 1. The number of para-hydroxylation sites is 1. The predicted octanol–water partition coefficient (Wildman–Crippen LogP) is 5.74. The molecule has 1 heterocycles. The van der Waals surface area contributed by atoms with E-state index in [1.54, 1.807) is 19.4 Å². The molecule has 0 N–H and O–H groups in total. The van der Waals surface area contributed by atoms with Crippen molar-refractivity contribution in [2.45, 2.75) is 46.1 Å². The molecule has 0 unspecified atom stereocenters. The first-order valence-corrected chi connectivity index (χ1v) is 10.6. The van der Waals surface area contributed by atoms with Crippen LogP contribution in [-0.4, -0.2) is 30.6 Å². The summed E-state index contributed by atoms with van der Waals surface area (Å²) in [5.74, 6) is 2.41. The Bertz CT molecular complexity index is 1010. The molecule has 1 aromatic heterocycles. The van der Waals surface area contributed by atoms with Crippen molar-refractivity contribution < 1.29 is 23.4 Å². The highest BCUT2D eigenvalue weighted by molar-refractivity contribution is 5.98. The Hall–Kier alpha value is -3.28. The van der Waals surface area contributed by atoms with E-state index in [1.807, 2.05) is 57.2 Å². The molecule has 31 heavy (non-hydrogen) atoms. The zero-order chi connectivity index (χ0) is 22.2. The third-order valence-corrected chi connectivity index (χ3v) is 4.58. The molecule has 0 fully saturated rings. The molecule has 0 bridgehead atoms. The maximum Gasteiger partial charge on any atom is 0.226 e. The summed E-state index contributed by atoms with van der Waals surface area (Å²) in [6.45, 7) is 6.53. The maximum atomic E-state index is 12.7. The Labute approximate surface area is 183 Å². The van der Waals surface area contributed by atoms with Gasteiger partial charge in [-0.1, -0.05) is 19.1 Å². The molecule has 3 aromatic rings. The fourth-order valence-corrected chi connectivity index (χ4v) is 3.12. The summed E-state index contributed by atoms with van der Waals surface area (Å²) in [6, 6.07) is 12.9. The van der Waals surface area contributed by atoms with E-state index in [1.165, 1.54) is 0 Å². The monoisotopic (exact) mass is 423 g/mol. The van der Waals surface area contributed by atoms with Crippen LogP contribution in [0.4, 0.5) is 0 Å². The van der Waals surface area contributed by atoms with Gasteiger partial charge in [0.2, 0.25) is 5.89 Å². The Kier molecular flexibility index (Phi) is 7.70. The number of hydrogen-bond donors (Lipinski definition) is 0. The van der Waals surface area contributed by atoms with Gasteiger partial charge in [0.15, 0.2) is 17.3 Å². The van der Waals surface area contributed by atoms with Crippen LogP contribution < -0.4 is 14.2 Å². The average Bonchev–Trinajstić information content (AvgIpc) is 3.25. The number of methoxy groups -OCH3 is 1. The highest BCUT2D eigenvalue weighted by Gasteiger charge is 2.15. The Morgan fingerprint density at radius 2 is 1.90 bits per heavy atom. The van der Waals surface area contributed by atoms with Crippen molar-refractivity contribution in [2.75, 3.05) is 13.7 Å². The van der Waals surface area contributed by atoms with Gasteiger partial charge in [0.25, 0.3) is 0 Å². The highest BCUT2D eigenvalue weighted by atomic mass is 16.5. The molecule has 0 spiro atoms. The number of rotatable bonds is 11. The van der Waals surface area contributed by atoms with Crippen LogP contribution in [-0.2, 0) is 6.42 Å². The molecule has 0 saturated heterocycles. The largest absolute Gasteiger partial charge is 0.493 e. The van der Waals surface area contributed by atoms with Gasteiger partial charge in [0.1, 0.15) is 12.0 Å². The van der Waals surface area contributed by atoms with Crippen LogP contribution in [0.15, 0.2) is 53.1 Å². The molecule has 2 aromatic carbocycles. The molecule has 0 aliphatic carbocycles. The quantitative estimate of drug-likeness (QED) is 0.366. The van der Waals surface area contributed by atoms with Gasteiger partial charge in [-0.3, -0.25) is 4.79 Å². The van der Waals surface area contributed by atoms with Gasteiger partial charge < -0.3 is 18.6 Å². The van der Waals surface area contributed by atoms with E-state index in [4.69, 9.17) is 18.6 Å². The number of aromatic nitrogens is 1. The van der Waals surface area contributed by atoms with Gasteiger partial charge in [0.05, 0.1) is 31.1 Å². The summed E-state index contributed by atoms with van der Waals surface area (Å²) in [6.07, 6.45) is 3.30. The average molecular weight is 424 g/mol. The lowest BCUT2D eigenvalue weighted by atomic mass is 10.0. The van der Waals surface area contributed by atoms with Crippen molar-refractivity contribution in [3.8, 4) is 28.7 Å². The summed E-state index contributed by atoms with van der Waals surface area (Å²) in [7, 11) is 1.61. The second kappa shape index (κ2) is 10.7. The molecule has 6 heteroatoms. The highest BCUT2D eigenvalue weighted by Crippen LogP contribution is 2.33. The van der Waals surface area contributed by atoms with E-state index in [0.717, 1.165) is 17.7 Å². The zero-order valence-electron chi connectivity index (χ0n) is 18.5. The second-order valence-corrected chi connectivity index (χ2v) is 7.44. The zero-order valence-corrected chi connectivity index (χ0v) is 18.5. The molecule has 164 valence electrons. The Morgan fingerprint density at radius 3 is 2.65 bits per heavy atom. The minimum Gasteiger partial charge on any atom is -0.493 e. The number of nitrogens with zero attached hydrogens (tertiary/aromatic N) is 1. The molecule has 3 rings (SSSR count). The molecule has 0 saturated carbocycles. The SMILES string of the molecule is CCCOc1ccccc1C(=O)CCc1coc(-c2ccc(OC)c(OC(C)C)c2)n1. The minimum absolute atomic E-state index is 0.0134. The van der Waals surface area contributed by atoms with Crippen molar-refractivity contribution in [3.63, 3.8) is 0 Å². The Balaban J connectivity index is 1.69. The van der Waals surface area contributed by atoms with Crippen LogP contribution in [0.25, 0.3) is 11.5 Å². The molecule has 0 amide bonds. The Morgan fingerprint density at radius 1 is 1.10 bits per heavy atom. The van der Waals surface area contributed by atoms with Crippen molar-refractivity contribution in [1.82, 2.24) is 4.98 Å². The van der Waals surface area contributed by atoms with Crippen LogP contribution >= 0.6 is 0 Å². The van der Waals surface area contributed by atoms with Crippen LogP contribution in [0.5, 0.6) is 17.2 Å². The normalized spacial score (nSPS) is 10.9. The second-order valence-electron chi connectivity index (χ2n) is 7.44. The number of ether oxygens (including phenoxy) is 3. The maximum absolute atomic E-state index is 12.7. The van der Waals surface area contributed by atoms with Crippen LogP contribution in [0.3, 0.4) is 0 Å². The van der Waals surface area contributed by atoms with E-state index in [9.17, 15) is 4.79 Å². The number of carbonyl (C=O) groups excluding carboxylic acids is 1. The molecular weight excluding hydrogens is 394 g/mol. The number of oxazole rings is 1. The summed E-state index contributed by atoms with van der Waals surface area (Å²) in [4.78, 5) is 17.3. The fourth-order valence-electron chi connectivity index (χ4n) is 3.12. The molecule has 0 aliphatic heterocycles. The lowest BCUT2D eigenvalue weighted by molar-refractivity contribution is 0.0978. The summed E-state index contributed by atoms with van der Waals surface area (Å²) in [5.41, 5.74) is 2.11. The van der Waals surface area contributed by atoms with Crippen LogP contribution in [0.2, 0.25) is 0 Å². The standard InChI is InChI=1S/C25H29NO5/c1-5-14-29-22-9-7-6-8-20(22)21(27)12-11-19-16-30-25(26-19)18-10-13-23(28-4)24(15-18)31-17(2)3/h6-10,13,15-17H,5,11-12,14H2,1-4H3. The van der Waals surface area contributed by atoms with Gasteiger partial charge >= 0.3 is 0 Å². The van der Waals surface area contributed by atoms with Crippen molar-refractivity contribution in [2.24, 2.45) is 0 Å². The summed E-state index contributed by atoms with van der Waals surface area (Å²) >= 11 is 0. The number of ketones is 1. The van der Waals surface area contributed by atoms with Crippen molar-refractivity contribution >= 4 is 5.78 Å². The fraction of sp³-hybridized carbons (Fsp3) is 0.360. The number of carbonyl (C=O) groups is 1. The first kappa shape index (κ1) is 22.4. The molecule has 0 aliphatic rings. The lowest BCUT2D eigenvalue weighted by Gasteiger charge is -2.13. The van der Waals surface area contributed by atoms with Crippen molar-refractivity contribution in [1.29, 1.82) is 0 Å². The van der Waals surface area contributed by atoms with Gasteiger partial charge in [-0.2, -0.15) is 0 Å². The summed E-state index contributed by atoms with van der Waals surface area (Å²) in [5, 5.41) is 0.